The van der Waals surface area contributed by atoms with Gasteiger partial charge in [-0.1, -0.05) is 48.5 Å². The molecule has 0 aliphatic heterocycles. The van der Waals surface area contributed by atoms with Crippen molar-refractivity contribution in [1.82, 2.24) is 30.0 Å². The fourth-order valence-electron chi connectivity index (χ4n) is 7.32. The summed E-state index contributed by atoms with van der Waals surface area (Å²) in [4.78, 5) is 62.1. The van der Waals surface area contributed by atoms with Crippen LogP contribution >= 0.6 is 0 Å². The molecule has 6 aromatic carbocycles. The van der Waals surface area contributed by atoms with Crippen LogP contribution in [0.15, 0.2) is 127 Å². The largest absolute Gasteiger partial charge is 0.505 e. The molecular weight excluding hydrogens is 937 g/mol. The lowest BCUT2D eigenvalue weighted by Crippen LogP contribution is -2.17. The highest BCUT2D eigenvalue weighted by Gasteiger charge is 2.21. The highest BCUT2D eigenvalue weighted by molar-refractivity contribution is 6.17. The van der Waals surface area contributed by atoms with Gasteiger partial charge in [0.05, 0.1) is 28.4 Å². The predicted octanol–water partition coefficient (Wildman–Crippen LogP) is 7.41. The number of hydrogen-bond acceptors (Lipinski definition) is 17. The van der Waals surface area contributed by atoms with Gasteiger partial charge in [0.2, 0.25) is 0 Å². The lowest BCUT2D eigenvalue weighted by Gasteiger charge is -2.21. The van der Waals surface area contributed by atoms with Crippen LogP contribution in [0, 0.1) is 13.8 Å². The van der Waals surface area contributed by atoms with E-state index >= 15 is 0 Å². The molecular formula is C54H54N8O11. The Hall–Kier alpha value is -9.39. The summed E-state index contributed by atoms with van der Waals surface area (Å²) in [6, 6.07) is 37.3. The summed E-state index contributed by atoms with van der Waals surface area (Å²) in [5.74, 6) is -2.44. The van der Waals surface area contributed by atoms with E-state index in [4.69, 9.17) is 0 Å². The smallest absolute Gasteiger partial charge is 0.345 e. The summed E-state index contributed by atoms with van der Waals surface area (Å²) in [6.45, 7) is 4.86. The van der Waals surface area contributed by atoms with Crippen LogP contribution in [0.4, 0.5) is 11.4 Å². The number of aromatic nitrogens is 6. The van der Waals surface area contributed by atoms with Gasteiger partial charge in [0.15, 0.2) is 0 Å². The van der Waals surface area contributed by atoms with E-state index in [1.807, 2.05) is 135 Å². The molecule has 2 aromatic heterocycles. The van der Waals surface area contributed by atoms with Gasteiger partial charge in [-0.15, -0.1) is 30.0 Å². The highest BCUT2D eigenvalue weighted by atomic mass is 16.5. The molecule has 0 radical (unpaired) electrons. The topological polar surface area (TPSA) is 231 Å². The SMILES string of the molecule is COC(=O)C(=Cc1ccc(N(C)Cc2cc(C)cc(-n3nc4ccccc4n3)c2O)cc1)C(=O)OC.COC(=O)CC(=O)OC.Cc1cc(CN(C)c2ccc(C=O)cc2)c(O)c(-n2nc3ccccc3n2)c1. The van der Waals surface area contributed by atoms with E-state index in [1.165, 1.54) is 44.1 Å². The number of benzene rings is 6. The van der Waals surface area contributed by atoms with Crippen LogP contribution in [-0.2, 0) is 51.2 Å². The Labute approximate surface area is 420 Å². The molecule has 2 heterocycles. The van der Waals surface area contributed by atoms with E-state index in [9.17, 15) is 34.2 Å². The molecule has 2 N–H and O–H groups in total. The number of aromatic hydroxyl groups is 2. The maximum absolute atomic E-state index is 11.9. The second-order valence-electron chi connectivity index (χ2n) is 16.4. The quantitative estimate of drug-likeness (QED) is 0.0270. The number of phenolic OH excluding ortho intramolecular Hbond substituents is 2. The average molecular weight is 991 g/mol. The molecule has 0 amide bonds. The molecule has 0 saturated heterocycles. The summed E-state index contributed by atoms with van der Waals surface area (Å²) < 4.78 is 17.7. The number of fused-ring (bicyclic) bond motifs is 2. The van der Waals surface area contributed by atoms with Crippen molar-refractivity contribution in [2.75, 3.05) is 52.3 Å². The monoisotopic (exact) mass is 990 g/mol. The van der Waals surface area contributed by atoms with E-state index in [2.05, 4.69) is 39.3 Å². The van der Waals surface area contributed by atoms with E-state index in [0.717, 1.165) is 62.0 Å². The fourth-order valence-corrected chi connectivity index (χ4v) is 7.32. The summed E-state index contributed by atoms with van der Waals surface area (Å²) in [6.07, 6.45) is 1.93. The first kappa shape index (κ1) is 53.0. The molecule has 0 unspecified atom stereocenters. The van der Waals surface area contributed by atoms with Gasteiger partial charge in [0.1, 0.15) is 63.2 Å². The number of phenols is 2. The number of carbonyl (C=O) groups is 5. The standard InChI is InChI=1S/C27H26N4O5.C22H20N4O2.C5H8O4/c1-17-13-19(25(32)24(14-17)31-28-22-7-5-6-8-23(22)29-31)16-30(2)20-11-9-18(10-12-20)15-21(26(33)35-3)27(34)36-4;1-15-11-17(13-25(2)18-9-7-16(14-27)8-10-18)22(28)21(12-15)26-23-19-5-3-4-6-20(19)24-26;1-8-4(6)3-5(7)9-2/h5-15,32H,16H2,1-4H3;3-12,14,28H,13H2,1-2H3;3H2,1-2H3. The maximum Gasteiger partial charge on any atom is 0.345 e. The van der Waals surface area contributed by atoms with Gasteiger partial charge >= 0.3 is 23.9 Å². The number of anilines is 2. The number of nitrogens with zero attached hydrogens (tertiary/aromatic N) is 8. The number of carbonyl (C=O) groups excluding carboxylic acids is 5. The molecule has 0 bridgehead atoms. The molecule has 376 valence electrons. The third-order valence-electron chi connectivity index (χ3n) is 11.1. The first-order valence-electron chi connectivity index (χ1n) is 22.5. The number of aryl methyl sites for hydroxylation is 2. The van der Waals surface area contributed by atoms with Crippen LogP contribution in [0.25, 0.3) is 39.5 Å². The first-order valence-corrected chi connectivity index (χ1v) is 22.5. The summed E-state index contributed by atoms with van der Waals surface area (Å²) >= 11 is 0. The minimum atomic E-state index is -0.770. The molecule has 8 aromatic rings. The Balaban J connectivity index is 0.000000208. The van der Waals surface area contributed by atoms with Gasteiger partial charge in [-0.05, 0) is 109 Å². The molecule has 19 heteroatoms. The summed E-state index contributed by atoms with van der Waals surface area (Å²) in [7, 11) is 8.68. The van der Waals surface area contributed by atoms with Crippen molar-refractivity contribution in [3.63, 3.8) is 0 Å². The molecule has 8 rings (SSSR count). The van der Waals surface area contributed by atoms with Crippen LogP contribution in [0.3, 0.4) is 0 Å². The zero-order chi connectivity index (χ0) is 52.8. The number of esters is 4. The molecule has 0 saturated carbocycles. The third kappa shape index (κ3) is 13.5. The second kappa shape index (κ2) is 24.4. The Morgan fingerprint density at radius 1 is 0.534 bits per heavy atom. The molecule has 0 spiro atoms. The van der Waals surface area contributed by atoms with Gasteiger partial charge in [-0.3, -0.25) is 14.4 Å². The first-order chi connectivity index (χ1) is 35.0. The Bertz CT molecular complexity index is 3200. The molecule has 0 atom stereocenters. The maximum atomic E-state index is 11.9. The number of rotatable bonds is 14. The van der Waals surface area contributed by atoms with Crippen LogP contribution in [0.5, 0.6) is 11.5 Å². The Morgan fingerprint density at radius 3 is 1.22 bits per heavy atom. The van der Waals surface area contributed by atoms with Crippen molar-refractivity contribution >= 4 is 69.7 Å². The minimum Gasteiger partial charge on any atom is -0.505 e. The molecule has 0 aliphatic carbocycles. The van der Waals surface area contributed by atoms with E-state index < -0.39 is 23.9 Å². The Morgan fingerprint density at radius 2 is 0.890 bits per heavy atom. The van der Waals surface area contributed by atoms with Gasteiger partial charge in [-0.25, -0.2) is 9.59 Å². The molecule has 0 fully saturated rings. The molecule has 19 nitrogen and oxygen atoms in total. The summed E-state index contributed by atoms with van der Waals surface area (Å²) in [5.41, 5.74) is 10.5. The van der Waals surface area contributed by atoms with Gasteiger partial charge in [-0.2, -0.15) is 0 Å². The van der Waals surface area contributed by atoms with Crippen LogP contribution < -0.4 is 9.80 Å². The number of ether oxygens (including phenoxy) is 4. The highest BCUT2D eigenvalue weighted by Crippen LogP contribution is 2.32. The zero-order valence-corrected chi connectivity index (χ0v) is 41.5. The van der Waals surface area contributed by atoms with E-state index in [0.29, 0.717) is 35.6 Å². The number of aldehydes is 1. The molecule has 73 heavy (non-hydrogen) atoms. The van der Waals surface area contributed by atoms with Crippen molar-refractivity contribution in [3.8, 4) is 22.9 Å². The average Bonchev–Trinajstić information content (AvgIpc) is 4.05. The van der Waals surface area contributed by atoms with Crippen molar-refractivity contribution in [1.29, 1.82) is 0 Å². The predicted molar refractivity (Wildman–Crippen MR) is 274 cm³/mol. The summed E-state index contributed by atoms with van der Waals surface area (Å²) in [5, 5.41) is 39.9. The third-order valence-corrected chi connectivity index (χ3v) is 11.1. The van der Waals surface area contributed by atoms with Crippen LogP contribution in [0.2, 0.25) is 0 Å². The van der Waals surface area contributed by atoms with Gasteiger partial charge in [0, 0.05) is 55.2 Å². The van der Waals surface area contributed by atoms with E-state index in [-0.39, 0.29) is 23.5 Å². The lowest BCUT2D eigenvalue weighted by atomic mass is 10.1. The fraction of sp³-hybridized carbons (Fsp3) is 0.204. The Kier molecular flexibility index (Phi) is 17.7. The van der Waals surface area contributed by atoms with Gasteiger partial charge < -0.3 is 39.0 Å². The second-order valence-corrected chi connectivity index (χ2v) is 16.4. The number of methoxy groups -OCH3 is 4. The lowest BCUT2D eigenvalue weighted by molar-refractivity contribution is -0.151. The number of hydrogen-bond donors (Lipinski definition) is 2. The minimum absolute atomic E-state index is 0.105. The van der Waals surface area contributed by atoms with Crippen molar-refractivity contribution in [2.24, 2.45) is 0 Å². The van der Waals surface area contributed by atoms with Crippen LogP contribution in [-0.4, -0.2) is 113 Å². The molecule has 0 aliphatic rings. The normalized spacial score (nSPS) is 10.5. The van der Waals surface area contributed by atoms with Gasteiger partial charge in [0.25, 0.3) is 0 Å². The van der Waals surface area contributed by atoms with Crippen LogP contribution in [0.1, 0.15) is 44.6 Å². The van der Waals surface area contributed by atoms with Crippen molar-refractivity contribution in [2.45, 2.75) is 33.4 Å². The van der Waals surface area contributed by atoms with E-state index in [1.54, 1.807) is 24.3 Å². The van der Waals surface area contributed by atoms with Crippen molar-refractivity contribution in [3.05, 3.63) is 160 Å². The zero-order valence-electron chi connectivity index (χ0n) is 41.5. The van der Waals surface area contributed by atoms with Crippen molar-refractivity contribution < 1.29 is 53.1 Å².